The number of hydrogen-bond acceptors (Lipinski definition) is 5. The molecule has 1 aromatic carbocycles. The monoisotopic (exact) mass is 347 g/mol. The van der Waals surface area contributed by atoms with E-state index in [0.29, 0.717) is 11.3 Å². The second-order valence-corrected chi connectivity index (χ2v) is 7.50. The number of furan rings is 1. The van der Waals surface area contributed by atoms with Gasteiger partial charge in [0.05, 0.1) is 23.8 Å². The number of benzene rings is 1. The van der Waals surface area contributed by atoms with E-state index in [-0.39, 0.29) is 23.6 Å². The minimum absolute atomic E-state index is 0.0763. The van der Waals surface area contributed by atoms with E-state index in [1.807, 2.05) is 6.92 Å². The third-order valence-corrected chi connectivity index (χ3v) is 5.69. The highest BCUT2D eigenvalue weighted by Crippen LogP contribution is 2.27. The van der Waals surface area contributed by atoms with Crippen LogP contribution in [0.5, 0.6) is 0 Å². The SMILES string of the molecule is COC(=O)C1=Cc2occc2CN(S(=O)(=O)c2ccc(C)cc2)C1. The van der Waals surface area contributed by atoms with Crippen LogP contribution in [0.25, 0.3) is 6.08 Å². The summed E-state index contributed by atoms with van der Waals surface area (Å²) in [5.74, 6) is -0.111. The summed E-state index contributed by atoms with van der Waals surface area (Å²) in [4.78, 5) is 12.1. The van der Waals surface area contributed by atoms with Crippen molar-refractivity contribution in [3.63, 3.8) is 0 Å². The van der Waals surface area contributed by atoms with Crippen molar-refractivity contribution in [1.29, 1.82) is 0 Å². The number of sulfonamides is 1. The van der Waals surface area contributed by atoms with E-state index in [0.717, 1.165) is 5.56 Å². The summed E-state index contributed by atoms with van der Waals surface area (Å²) >= 11 is 0. The third kappa shape index (κ3) is 3.00. The highest BCUT2D eigenvalue weighted by atomic mass is 32.2. The summed E-state index contributed by atoms with van der Waals surface area (Å²) in [5.41, 5.74) is 1.89. The zero-order valence-electron chi connectivity index (χ0n) is 13.4. The number of fused-ring (bicyclic) bond motifs is 1. The Hall–Kier alpha value is -2.38. The molecule has 0 radical (unpaired) electrons. The minimum atomic E-state index is -3.75. The van der Waals surface area contributed by atoms with E-state index >= 15 is 0 Å². The lowest BCUT2D eigenvalue weighted by atomic mass is 10.2. The van der Waals surface area contributed by atoms with Crippen LogP contribution in [0.2, 0.25) is 0 Å². The molecule has 1 aromatic heterocycles. The lowest BCUT2D eigenvalue weighted by Gasteiger charge is -2.21. The molecule has 1 aliphatic heterocycles. The number of hydrogen-bond donors (Lipinski definition) is 0. The Morgan fingerprint density at radius 3 is 2.54 bits per heavy atom. The molecule has 0 spiro atoms. The fourth-order valence-corrected chi connectivity index (χ4v) is 3.92. The minimum Gasteiger partial charge on any atom is -0.466 e. The third-order valence-electron chi connectivity index (χ3n) is 3.89. The van der Waals surface area contributed by atoms with Gasteiger partial charge in [-0.25, -0.2) is 13.2 Å². The first-order valence-electron chi connectivity index (χ1n) is 7.34. The number of esters is 1. The number of nitrogens with zero attached hydrogens (tertiary/aromatic N) is 1. The molecule has 0 saturated heterocycles. The van der Waals surface area contributed by atoms with Crippen molar-refractivity contribution in [2.24, 2.45) is 0 Å². The molecule has 6 nitrogen and oxygen atoms in total. The molecule has 3 rings (SSSR count). The molecule has 0 N–H and O–H groups in total. The van der Waals surface area contributed by atoms with Crippen LogP contribution in [0.3, 0.4) is 0 Å². The molecule has 126 valence electrons. The van der Waals surface area contributed by atoms with Gasteiger partial charge >= 0.3 is 5.97 Å². The van der Waals surface area contributed by atoms with Crippen LogP contribution in [0.1, 0.15) is 16.9 Å². The molecule has 24 heavy (non-hydrogen) atoms. The van der Waals surface area contributed by atoms with Crippen molar-refractivity contribution in [3.8, 4) is 0 Å². The second-order valence-electron chi connectivity index (χ2n) is 5.56. The van der Waals surface area contributed by atoms with Crippen molar-refractivity contribution in [1.82, 2.24) is 4.31 Å². The molecule has 0 fully saturated rings. The maximum absolute atomic E-state index is 13.0. The quantitative estimate of drug-likeness (QED) is 0.797. The van der Waals surface area contributed by atoms with Gasteiger partial charge in [0.2, 0.25) is 10.0 Å². The van der Waals surface area contributed by atoms with Crippen molar-refractivity contribution in [2.45, 2.75) is 18.4 Å². The topological polar surface area (TPSA) is 76.8 Å². The summed E-state index contributed by atoms with van der Waals surface area (Å²) in [7, 11) is -2.49. The average molecular weight is 347 g/mol. The van der Waals surface area contributed by atoms with Gasteiger partial charge in [0.15, 0.2) is 0 Å². The Kier molecular flexibility index (Phi) is 4.29. The average Bonchev–Trinajstić information content (AvgIpc) is 2.91. The predicted molar refractivity (Wildman–Crippen MR) is 87.5 cm³/mol. The van der Waals surface area contributed by atoms with Crippen molar-refractivity contribution in [3.05, 3.63) is 59.1 Å². The zero-order valence-corrected chi connectivity index (χ0v) is 14.2. The second kappa shape index (κ2) is 6.26. The summed E-state index contributed by atoms with van der Waals surface area (Å²) in [6.45, 7) is 1.93. The van der Waals surface area contributed by atoms with Crippen molar-refractivity contribution in [2.75, 3.05) is 13.7 Å². The Morgan fingerprint density at radius 1 is 1.17 bits per heavy atom. The summed E-state index contributed by atoms with van der Waals surface area (Å²) < 4.78 is 37.2. The summed E-state index contributed by atoms with van der Waals surface area (Å²) in [6, 6.07) is 8.31. The van der Waals surface area contributed by atoms with Crippen LogP contribution >= 0.6 is 0 Å². The van der Waals surface area contributed by atoms with Crippen LogP contribution < -0.4 is 0 Å². The van der Waals surface area contributed by atoms with Gasteiger partial charge in [0, 0.05) is 18.7 Å². The van der Waals surface area contributed by atoms with E-state index in [9.17, 15) is 13.2 Å². The van der Waals surface area contributed by atoms with E-state index in [1.54, 1.807) is 30.3 Å². The molecule has 0 saturated carbocycles. The molecule has 7 heteroatoms. The Balaban J connectivity index is 2.03. The first-order chi connectivity index (χ1) is 11.4. The fraction of sp³-hybridized carbons (Fsp3) is 0.235. The Morgan fingerprint density at radius 2 is 1.88 bits per heavy atom. The molecular weight excluding hydrogens is 330 g/mol. The van der Waals surface area contributed by atoms with Gasteiger partial charge in [-0.15, -0.1) is 0 Å². The normalized spacial score (nSPS) is 15.3. The van der Waals surface area contributed by atoms with Crippen LogP contribution in [-0.2, 0) is 26.1 Å². The van der Waals surface area contributed by atoms with E-state index < -0.39 is 16.0 Å². The highest BCUT2D eigenvalue weighted by molar-refractivity contribution is 7.89. The maximum atomic E-state index is 13.0. The first-order valence-corrected chi connectivity index (χ1v) is 8.78. The van der Waals surface area contributed by atoms with Gasteiger partial charge in [-0.3, -0.25) is 0 Å². The lowest BCUT2D eigenvalue weighted by molar-refractivity contribution is -0.136. The standard InChI is InChI=1S/C17H17NO5S/c1-12-3-5-15(6-4-12)24(20,21)18-10-13-7-8-23-16(13)9-14(11-18)17(19)22-2/h3-9H,10-11H2,1-2H3. The predicted octanol–water partition coefficient (Wildman–Crippen LogP) is 2.35. The number of ether oxygens (including phenoxy) is 1. The highest BCUT2D eigenvalue weighted by Gasteiger charge is 2.31. The molecule has 0 amide bonds. The van der Waals surface area contributed by atoms with Crippen LogP contribution in [0, 0.1) is 6.92 Å². The van der Waals surface area contributed by atoms with E-state index in [2.05, 4.69) is 0 Å². The fourth-order valence-electron chi connectivity index (χ4n) is 2.53. The van der Waals surface area contributed by atoms with Gasteiger partial charge in [-0.2, -0.15) is 4.31 Å². The van der Waals surface area contributed by atoms with Crippen molar-refractivity contribution >= 4 is 22.1 Å². The number of carbonyl (C=O) groups is 1. The smallest absolute Gasteiger partial charge is 0.335 e. The van der Waals surface area contributed by atoms with Gasteiger partial charge in [0.1, 0.15) is 5.76 Å². The summed E-state index contributed by atoms with van der Waals surface area (Å²) in [5, 5.41) is 0. The van der Waals surface area contributed by atoms with Gasteiger partial charge in [-0.1, -0.05) is 17.7 Å². The maximum Gasteiger partial charge on any atom is 0.335 e. The van der Waals surface area contributed by atoms with Crippen LogP contribution in [0.4, 0.5) is 0 Å². The number of methoxy groups -OCH3 is 1. The van der Waals surface area contributed by atoms with Crippen LogP contribution in [0.15, 0.2) is 51.5 Å². The number of carbonyl (C=O) groups excluding carboxylic acids is 1. The molecule has 1 aliphatic rings. The van der Waals surface area contributed by atoms with Gasteiger partial charge in [-0.05, 0) is 31.2 Å². The summed E-state index contributed by atoms with van der Waals surface area (Å²) in [6.07, 6.45) is 3.00. The molecule has 0 atom stereocenters. The molecule has 2 aromatic rings. The molecule has 0 unspecified atom stereocenters. The first kappa shape index (κ1) is 16.5. The Labute approximate surface area is 140 Å². The molecule has 2 heterocycles. The van der Waals surface area contributed by atoms with Gasteiger partial charge < -0.3 is 9.15 Å². The molecule has 0 bridgehead atoms. The van der Waals surface area contributed by atoms with E-state index in [1.165, 1.54) is 23.8 Å². The van der Waals surface area contributed by atoms with Crippen LogP contribution in [-0.4, -0.2) is 32.3 Å². The van der Waals surface area contributed by atoms with E-state index in [4.69, 9.17) is 9.15 Å². The lowest BCUT2D eigenvalue weighted by Crippen LogP contribution is -2.33. The zero-order chi connectivity index (χ0) is 17.3. The van der Waals surface area contributed by atoms with Gasteiger partial charge in [0.25, 0.3) is 0 Å². The number of aryl methyl sites for hydroxylation is 1. The largest absolute Gasteiger partial charge is 0.466 e. The molecule has 0 aliphatic carbocycles. The molecular formula is C17H17NO5S. The number of rotatable bonds is 3. The van der Waals surface area contributed by atoms with Crippen molar-refractivity contribution < 1.29 is 22.4 Å². The Bertz CT molecular complexity index is 893.